The fourth-order valence-corrected chi connectivity index (χ4v) is 3.53. The van der Waals surface area contributed by atoms with Gasteiger partial charge in [-0.15, -0.1) is 0 Å². The number of likely N-dealkylation sites (tertiary alicyclic amines) is 1. The molecule has 0 bridgehead atoms. The van der Waals surface area contributed by atoms with Gasteiger partial charge in [-0.25, -0.2) is 4.79 Å². The number of rotatable bonds is 3. The molecule has 3 rings (SSSR count). The SMILES string of the molecule is O=C(O)c1ccc(CN2CCCC3CCCC32)o1. The Kier molecular flexibility index (Phi) is 3.12. The number of furan rings is 1. The summed E-state index contributed by atoms with van der Waals surface area (Å²) in [5, 5.41) is 8.85. The van der Waals surface area contributed by atoms with Crippen LogP contribution in [0, 0.1) is 5.92 Å². The minimum absolute atomic E-state index is 0.0463. The number of hydrogen-bond acceptors (Lipinski definition) is 3. The van der Waals surface area contributed by atoms with Crippen LogP contribution >= 0.6 is 0 Å². The molecule has 4 heteroatoms. The Balaban J connectivity index is 1.69. The topological polar surface area (TPSA) is 53.7 Å². The monoisotopic (exact) mass is 249 g/mol. The van der Waals surface area contributed by atoms with Gasteiger partial charge in [0.15, 0.2) is 0 Å². The molecule has 0 aromatic carbocycles. The Labute approximate surface area is 107 Å². The Morgan fingerprint density at radius 3 is 2.94 bits per heavy atom. The quantitative estimate of drug-likeness (QED) is 0.895. The van der Waals surface area contributed by atoms with E-state index in [1.54, 1.807) is 12.1 Å². The molecule has 0 amide bonds. The van der Waals surface area contributed by atoms with Crippen molar-refractivity contribution in [3.63, 3.8) is 0 Å². The number of carboxylic acid groups (broad SMARTS) is 1. The van der Waals surface area contributed by atoms with E-state index in [0.29, 0.717) is 6.04 Å². The Hall–Kier alpha value is -1.29. The zero-order valence-electron chi connectivity index (χ0n) is 10.5. The third-order valence-corrected chi connectivity index (χ3v) is 4.34. The number of aromatic carboxylic acids is 1. The molecule has 2 atom stereocenters. The van der Waals surface area contributed by atoms with Crippen molar-refractivity contribution in [2.24, 2.45) is 5.92 Å². The normalized spacial score (nSPS) is 28.2. The molecule has 1 aromatic heterocycles. The summed E-state index contributed by atoms with van der Waals surface area (Å²) in [6.07, 6.45) is 6.61. The van der Waals surface area contributed by atoms with E-state index in [9.17, 15) is 4.79 Å². The van der Waals surface area contributed by atoms with Crippen LogP contribution in [0.5, 0.6) is 0 Å². The van der Waals surface area contributed by atoms with E-state index < -0.39 is 5.97 Å². The molecule has 0 radical (unpaired) electrons. The lowest BCUT2D eigenvalue weighted by Crippen LogP contribution is -2.41. The van der Waals surface area contributed by atoms with Gasteiger partial charge in [0, 0.05) is 6.04 Å². The van der Waals surface area contributed by atoms with Crippen LogP contribution < -0.4 is 0 Å². The summed E-state index contributed by atoms with van der Waals surface area (Å²) in [6.45, 7) is 1.87. The maximum Gasteiger partial charge on any atom is 0.371 e. The zero-order chi connectivity index (χ0) is 12.5. The summed E-state index contributed by atoms with van der Waals surface area (Å²) in [4.78, 5) is 13.3. The van der Waals surface area contributed by atoms with E-state index in [0.717, 1.165) is 24.8 Å². The van der Waals surface area contributed by atoms with Gasteiger partial charge in [0.2, 0.25) is 5.76 Å². The van der Waals surface area contributed by atoms with E-state index in [2.05, 4.69) is 4.90 Å². The molecule has 18 heavy (non-hydrogen) atoms. The lowest BCUT2D eigenvalue weighted by atomic mass is 9.92. The van der Waals surface area contributed by atoms with Crippen LogP contribution in [0.3, 0.4) is 0 Å². The number of carbonyl (C=O) groups is 1. The third-order valence-electron chi connectivity index (χ3n) is 4.34. The molecule has 98 valence electrons. The molecule has 1 saturated carbocycles. The van der Waals surface area contributed by atoms with Crippen LogP contribution in [0.2, 0.25) is 0 Å². The van der Waals surface area contributed by atoms with Gasteiger partial charge in [-0.3, -0.25) is 4.90 Å². The predicted molar refractivity (Wildman–Crippen MR) is 66.4 cm³/mol. The lowest BCUT2D eigenvalue weighted by Gasteiger charge is -2.37. The van der Waals surface area contributed by atoms with Gasteiger partial charge in [0.25, 0.3) is 0 Å². The van der Waals surface area contributed by atoms with Crippen molar-refractivity contribution in [3.8, 4) is 0 Å². The molecule has 2 aliphatic rings. The largest absolute Gasteiger partial charge is 0.475 e. The Morgan fingerprint density at radius 1 is 1.33 bits per heavy atom. The summed E-state index contributed by atoms with van der Waals surface area (Å²) in [6, 6.07) is 4.03. The first-order chi connectivity index (χ1) is 8.74. The average Bonchev–Trinajstić information content (AvgIpc) is 2.97. The zero-order valence-corrected chi connectivity index (χ0v) is 10.5. The van der Waals surface area contributed by atoms with Crippen LogP contribution in [-0.4, -0.2) is 28.6 Å². The molecule has 2 unspecified atom stereocenters. The van der Waals surface area contributed by atoms with Crippen LogP contribution in [0.15, 0.2) is 16.5 Å². The molecule has 2 heterocycles. The predicted octanol–water partition coefficient (Wildman–Crippen LogP) is 2.74. The molecule has 1 saturated heterocycles. The van der Waals surface area contributed by atoms with Gasteiger partial charge in [-0.05, 0) is 50.3 Å². The lowest BCUT2D eigenvalue weighted by molar-refractivity contribution is 0.0650. The van der Waals surface area contributed by atoms with Gasteiger partial charge < -0.3 is 9.52 Å². The summed E-state index contributed by atoms with van der Waals surface area (Å²) in [7, 11) is 0. The summed E-state index contributed by atoms with van der Waals surface area (Å²) in [5.41, 5.74) is 0. The van der Waals surface area contributed by atoms with E-state index >= 15 is 0 Å². The molecular weight excluding hydrogens is 230 g/mol. The van der Waals surface area contributed by atoms with Crippen LogP contribution in [0.25, 0.3) is 0 Å². The van der Waals surface area contributed by atoms with Crippen LogP contribution in [0.4, 0.5) is 0 Å². The van der Waals surface area contributed by atoms with Crippen molar-refractivity contribution in [3.05, 3.63) is 23.7 Å². The molecule has 4 nitrogen and oxygen atoms in total. The maximum atomic E-state index is 10.8. The second kappa shape index (κ2) is 4.76. The second-order valence-electron chi connectivity index (χ2n) is 5.44. The molecule has 1 N–H and O–H groups in total. The number of fused-ring (bicyclic) bond motifs is 1. The number of piperidine rings is 1. The van der Waals surface area contributed by atoms with Crippen molar-refractivity contribution in [2.45, 2.75) is 44.7 Å². The average molecular weight is 249 g/mol. The van der Waals surface area contributed by atoms with Crippen LogP contribution in [-0.2, 0) is 6.54 Å². The van der Waals surface area contributed by atoms with E-state index in [1.165, 1.54) is 32.1 Å². The molecule has 2 fully saturated rings. The Morgan fingerprint density at radius 2 is 2.17 bits per heavy atom. The van der Waals surface area contributed by atoms with Crippen molar-refractivity contribution >= 4 is 5.97 Å². The van der Waals surface area contributed by atoms with E-state index in [1.807, 2.05) is 0 Å². The summed E-state index contributed by atoms with van der Waals surface area (Å²) >= 11 is 0. The van der Waals surface area contributed by atoms with Gasteiger partial charge in [0.1, 0.15) is 5.76 Å². The standard InChI is InChI=1S/C14H19NO3/c16-14(17)13-7-6-11(18-13)9-15-8-2-4-10-3-1-5-12(10)15/h6-7,10,12H,1-5,8-9H2,(H,16,17). The fraction of sp³-hybridized carbons (Fsp3) is 0.643. The van der Waals surface area contributed by atoms with Gasteiger partial charge in [0.05, 0.1) is 6.54 Å². The van der Waals surface area contributed by atoms with Crippen molar-refractivity contribution in [1.29, 1.82) is 0 Å². The molecular formula is C14H19NO3. The third kappa shape index (κ3) is 2.17. The summed E-state index contributed by atoms with van der Waals surface area (Å²) in [5.74, 6) is 0.691. The molecule has 1 aliphatic heterocycles. The van der Waals surface area contributed by atoms with Gasteiger partial charge in [-0.2, -0.15) is 0 Å². The highest BCUT2D eigenvalue weighted by atomic mass is 16.4. The Bertz CT molecular complexity index is 440. The van der Waals surface area contributed by atoms with Crippen molar-refractivity contribution in [2.75, 3.05) is 6.54 Å². The number of carboxylic acids is 1. The maximum absolute atomic E-state index is 10.8. The molecule has 1 aliphatic carbocycles. The number of hydrogen-bond donors (Lipinski definition) is 1. The van der Waals surface area contributed by atoms with E-state index in [4.69, 9.17) is 9.52 Å². The van der Waals surface area contributed by atoms with Crippen molar-refractivity contribution < 1.29 is 14.3 Å². The minimum Gasteiger partial charge on any atom is -0.475 e. The first-order valence-corrected chi connectivity index (χ1v) is 6.80. The highest BCUT2D eigenvalue weighted by molar-refractivity contribution is 5.84. The second-order valence-corrected chi connectivity index (χ2v) is 5.44. The highest BCUT2D eigenvalue weighted by Gasteiger charge is 2.35. The molecule has 1 aromatic rings. The smallest absolute Gasteiger partial charge is 0.371 e. The first-order valence-electron chi connectivity index (χ1n) is 6.80. The van der Waals surface area contributed by atoms with Crippen LogP contribution in [0.1, 0.15) is 48.4 Å². The number of nitrogens with zero attached hydrogens (tertiary/aromatic N) is 1. The van der Waals surface area contributed by atoms with E-state index in [-0.39, 0.29) is 5.76 Å². The van der Waals surface area contributed by atoms with Gasteiger partial charge in [-0.1, -0.05) is 6.42 Å². The highest BCUT2D eigenvalue weighted by Crippen LogP contribution is 2.37. The fourth-order valence-electron chi connectivity index (χ4n) is 3.53. The molecule has 0 spiro atoms. The minimum atomic E-state index is -0.987. The van der Waals surface area contributed by atoms with Crippen molar-refractivity contribution in [1.82, 2.24) is 4.90 Å². The van der Waals surface area contributed by atoms with Gasteiger partial charge >= 0.3 is 5.97 Å². The first kappa shape index (κ1) is 11.8. The summed E-state index contributed by atoms with van der Waals surface area (Å²) < 4.78 is 5.36.